The minimum Gasteiger partial charge on any atom is -0.299 e. The smallest absolute Gasteiger partial charge is 0.299 e. The number of hydrogen-bond acceptors (Lipinski definition) is 5. The molecule has 1 aromatic carbocycles. The topological polar surface area (TPSA) is 60.5 Å². The third-order valence-corrected chi connectivity index (χ3v) is 6.49. The van der Waals surface area contributed by atoms with E-state index in [0.29, 0.717) is 42.5 Å². The van der Waals surface area contributed by atoms with Crippen molar-refractivity contribution in [3.8, 4) is 0 Å². The number of carbonyl (C=O) groups excluding carboxylic acids is 1. The maximum Gasteiger partial charge on any atom is 0.416 e. The minimum atomic E-state index is -4.99. The lowest BCUT2D eigenvalue weighted by Gasteiger charge is -2.41. The highest BCUT2D eigenvalue weighted by Crippen LogP contribution is 2.37. The number of hydrogen-bond donors (Lipinski definition) is 2. The summed E-state index contributed by atoms with van der Waals surface area (Å²) in [6.45, 7) is 4.72. The van der Waals surface area contributed by atoms with E-state index in [0.717, 1.165) is 25.9 Å². The molecule has 2 fully saturated rings. The number of benzene rings is 1. The van der Waals surface area contributed by atoms with Crippen LogP contribution < -0.4 is 10.9 Å². The number of amides is 1. The molecule has 2 atom stereocenters. The zero-order valence-electron chi connectivity index (χ0n) is 18.9. The summed E-state index contributed by atoms with van der Waals surface area (Å²) < 4.78 is 79.1. The third-order valence-electron chi connectivity index (χ3n) is 6.49. The maximum atomic E-state index is 13.3. The molecule has 12 heteroatoms. The summed E-state index contributed by atoms with van der Waals surface area (Å²) in [7, 11) is 0. The number of nitrogens with zero attached hydrogens (tertiary/aromatic N) is 3. The maximum absolute atomic E-state index is 13.3. The SMILES string of the molecule is Cc1ncccc1C(C(=O)NNc1cc(C(F)(F)F)cc(C(F)(F)F)c1)N1CCN2CCC[C@@H]2C1. The van der Waals surface area contributed by atoms with Crippen LogP contribution in [0.1, 0.15) is 41.3 Å². The molecule has 1 aromatic heterocycles. The Hall–Kier alpha value is -2.86. The molecule has 0 saturated carbocycles. The number of aromatic nitrogens is 1. The summed E-state index contributed by atoms with van der Waals surface area (Å²) >= 11 is 0. The van der Waals surface area contributed by atoms with Crippen LogP contribution in [0.25, 0.3) is 0 Å². The number of carbonyl (C=O) groups is 1. The van der Waals surface area contributed by atoms with Gasteiger partial charge in [-0.25, -0.2) is 0 Å². The zero-order chi connectivity index (χ0) is 25.4. The molecule has 2 aliphatic heterocycles. The molecule has 4 rings (SSSR count). The first kappa shape index (κ1) is 25.2. The van der Waals surface area contributed by atoms with Crippen molar-refractivity contribution in [3.63, 3.8) is 0 Å². The van der Waals surface area contributed by atoms with E-state index < -0.39 is 41.1 Å². The fourth-order valence-corrected chi connectivity index (χ4v) is 4.77. The molecular weight excluding hydrogens is 476 g/mol. The molecule has 2 aromatic rings. The average molecular weight is 501 g/mol. The Bertz CT molecular complexity index is 1040. The van der Waals surface area contributed by atoms with E-state index in [-0.39, 0.29) is 6.07 Å². The number of fused-ring (bicyclic) bond motifs is 1. The summed E-state index contributed by atoms with van der Waals surface area (Å²) in [6.07, 6.45) is -6.32. The lowest BCUT2D eigenvalue weighted by Crippen LogP contribution is -2.54. The lowest BCUT2D eigenvalue weighted by atomic mass is 10.0. The first-order valence-corrected chi connectivity index (χ1v) is 11.2. The van der Waals surface area contributed by atoms with Crippen LogP contribution in [-0.2, 0) is 17.1 Å². The second kappa shape index (κ2) is 9.65. The molecule has 6 nitrogen and oxygen atoms in total. The highest BCUT2D eigenvalue weighted by molar-refractivity contribution is 5.84. The van der Waals surface area contributed by atoms with E-state index in [2.05, 4.69) is 20.7 Å². The number of halogens is 6. The quantitative estimate of drug-likeness (QED) is 0.470. The average Bonchev–Trinajstić information content (AvgIpc) is 3.26. The van der Waals surface area contributed by atoms with Crippen LogP contribution in [0.4, 0.5) is 32.0 Å². The van der Waals surface area contributed by atoms with Gasteiger partial charge in [0.15, 0.2) is 0 Å². The van der Waals surface area contributed by atoms with Crippen LogP contribution in [0, 0.1) is 6.92 Å². The largest absolute Gasteiger partial charge is 0.416 e. The van der Waals surface area contributed by atoms with Crippen LogP contribution in [0.2, 0.25) is 0 Å². The zero-order valence-corrected chi connectivity index (χ0v) is 18.9. The molecule has 1 unspecified atom stereocenters. The standard InChI is InChI=1S/C23H25F6N5O/c1-14-19(5-2-6-30-14)20(34-9-8-33-7-3-4-18(33)13-34)21(35)32-31-17-11-15(22(24,25)26)10-16(12-17)23(27,28)29/h2,5-6,10-12,18,20,31H,3-4,7-9,13H2,1H3,(H,32,35)/t18-,20?/m1/s1. The number of nitrogens with one attached hydrogen (secondary N) is 2. The summed E-state index contributed by atoms with van der Waals surface area (Å²) in [5.41, 5.74) is 2.37. The second-order valence-corrected chi connectivity index (χ2v) is 8.82. The van der Waals surface area contributed by atoms with Crippen molar-refractivity contribution in [2.75, 3.05) is 31.6 Å². The highest BCUT2D eigenvalue weighted by atomic mass is 19.4. The van der Waals surface area contributed by atoms with Crippen molar-refractivity contribution in [1.29, 1.82) is 0 Å². The van der Waals surface area contributed by atoms with Crippen molar-refractivity contribution < 1.29 is 31.1 Å². The van der Waals surface area contributed by atoms with E-state index in [1.165, 1.54) is 0 Å². The number of piperazine rings is 1. The Morgan fingerprint density at radius 3 is 2.37 bits per heavy atom. The Kier molecular flexibility index (Phi) is 6.96. The molecule has 2 aliphatic rings. The fourth-order valence-electron chi connectivity index (χ4n) is 4.77. The number of pyridine rings is 1. The molecule has 2 saturated heterocycles. The Balaban J connectivity index is 1.59. The molecular formula is C23H25F6N5O. The van der Waals surface area contributed by atoms with Crippen LogP contribution in [-0.4, -0.2) is 52.9 Å². The van der Waals surface area contributed by atoms with Crippen molar-refractivity contribution in [2.45, 2.75) is 44.2 Å². The van der Waals surface area contributed by atoms with E-state index in [4.69, 9.17) is 0 Å². The first-order chi connectivity index (χ1) is 16.4. The summed E-state index contributed by atoms with van der Waals surface area (Å²) in [5.74, 6) is -0.599. The predicted molar refractivity (Wildman–Crippen MR) is 116 cm³/mol. The van der Waals surface area contributed by atoms with Gasteiger partial charge in [-0.1, -0.05) is 6.07 Å². The second-order valence-electron chi connectivity index (χ2n) is 8.82. The van der Waals surface area contributed by atoms with Gasteiger partial charge in [0.1, 0.15) is 6.04 Å². The van der Waals surface area contributed by atoms with Gasteiger partial charge in [0.25, 0.3) is 5.91 Å². The van der Waals surface area contributed by atoms with Crippen molar-refractivity contribution in [1.82, 2.24) is 20.2 Å². The monoisotopic (exact) mass is 501 g/mol. The molecule has 2 N–H and O–H groups in total. The number of hydrazine groups is 1. The molecule has 1 amide bonds. The molecule has 35 heavy (non-hydrogen) atoms. The Morgan fingerprint density at radius 2 is 1.74 bits per heavy atom. The normalized spacial score (nSPS) is 20.4. The number of anilines is 1. The van der Waals surface area contributed by atoms with E-state index in [9.17, 15) is 31.1 Å². The summed E-state index contributed by atoms with van der Waals surface area (Å²) in [6, 6.07) is 4.00. The van der Waals surface area contributed by atoms with Gasteiger partial charge in [0.05, 0.1) is 16.8 Å². The van der Waals surface area contributed by atoms with Gasteiger partial charge in [-0.15, -0.1) is 0 Å². The molecule has 3 heterocycles. The van der Waals surface area contributed by atoms with Gasteiger partial charge in [-0.2, -0.15) is 26.3 Å². The van der Waals surface area contributed by atoms with Crippen molar-refractivity contribution >= 4 is 11.6 Å². The third kappa shape index (κ3) is 5.69. The van der Waals surface area contributed by atoms with Gasteiger partial charge in [-0.3, -0.25) is 30.4 Å². The first-order valence-electron chi connectivity index (χ1n) is 11.2. The van der Waals surface area contributed by atoms with Crippen molar-refractivity contribution in [2.24, 2.45) is 0 Å². The van der Waals surface area contributed by atoms with Gasteiger partial charge in [0, 0.05) is 43.1 Å². The molecule has 190 valence electrons. The van der Waals surface area contributed by atoms with E-state index in [1.807, 2.05) is 4.90 Å². The van der Waals surface area contributed by atoms with Crippen LogP contribution in [0.15, 0.2) is 36.5 Å². The number of alkyl halides is 6. The predicted octanol–water partition coefficient (Wildman–Crippen LogP) is 4.39. The number of aryl methyl sites for hydroxylation is 1. The Labute approximate surface area is 198 Å². The van der Waals surface area contributed by atoms with E-state index >= 15 is 0 Å². The Morgan fingerprint density at radius 1 is 1.06 bits per heavy atom. The van der Waals surface area contributed by atoms with Crippen molar-refractivity contribution in [3.05, 3.63) is 58.9 Å². The molecule has 0 spiro atoms. The summed E-state index contributed by atoms with van der Waals surface area (Å²) in [4.78, 5) is 21.9. The number of rotatable bonds is 5. The van der Waals surface area contributed by atoms with Crippen LogP contribution >= 0.6 is 0 Å². The van der Waals surface area contributed by atoms with Gasteiger partial charge < -0.3 is 0 Å². The van der Waals surface area contributed by atoms with Gasteiger partial charge in [0.2, 0.25) is 0 Å². The molecule has 0 bridgehead atoms. The lowest BCUT2D eigenvalue weighted by molar-refractivity contribution is -0.143. The fraction of sp³-hybridized carbons (Fsp3) is 0.478. The van der Waals surface area contributed by atoms with E-state index in [1.54, 1.807) is 25.3 Å². The minimum absolute atomic E-state index is 0.0376. The van der Waals surface area contributed by atoms with Gasteiger partial charge >= 0.3 is 12.4 Å². The highest BCUT2D eigenvalue weighted by Gasteiger charge is 2.39. The van der Waals surface area contributed by atoms with Gasteiger partial charge in [-0.05, 0) is 50.6 Å². The van der Waals surface area contributed by atoms with Crippen LogP contribution in [0.3, 0.4) is 0 Å². The molecule has 0 aliphatic carbocycles. The summed E-state index contributed by atoms with van der Waals surface area (Å²) in [5, 5.41) is 0. The van der Waals surface area contributed by atoms with Crippen LogP contribution in [0.5, 0.6) is 0 Å². The molecule has 0 radical (unpaired) electrons.